The van der Waals surface area contributed by atoms with E-state index in [-0.39, 0.29) is 13.1 Å². The zero-order chi connectivity index (χ0) is 27.1. The maximum atomic E-state index is 13.5. The van der Waals surface area contributed by atoms with E-state index in [1.165, 1.54) is 12.1 Å². The Morgan fingerprint density at radius 1 is 0.947 bits per heavy atom. The fourth-order valence-electron chi connectivity index (χ4n) is 5.11. The Balaban J connectivity index is 1.48. The molecule has 0 bridgehead atoms. The van der Waals surface area contributed by atoms with E-state index in [1.807, 2.05) is 55.5 Å². The highest BCUT2D eigenvalue weighted by molar-refractivity contribution is 7.89. The van der Waals surface area contributed by atoms with Crippen LogP contribution in [0.2, 0.25) is 0 Å². The largest absolute Gasteiger partial charge is 0.497 e. The number of halogens is 3. The predicted octanol–water partition coefficient (Wildman–Crippen LogP) is 6.50. The third-order valence-corrected chi connectivity index (χ3v) is 8.96. The number of fused-ring (bicyclic) bond motifs is 1. The lowest BCUT2D eigenvalue weighted by atomic mass is 9.97. The van der Waals surface area contributed by atoms with Crippen LogP contribution in [0.15, 0.2) is 83.8 Å². The molecule has 9 heteroatoms. The number of sulfonamides is 1. The summed E-state index contributed by atoms with van der Waals surface area (Å²) >= 11 is 0. The smallest absolute Gasteiger partial charge is 0.417 e. The molecule has 0 aliphatic carbocycles. The van der Waals surface area contributed by atoms with Crippen molar-refractivity contribution < 1.29 is 26.3 Å². The Hall–Kier alpha value is -3.56. The van der Waals surface area contributed by atoms with Crippen LogP contribution in [0.4, 0.5) is 13.2 Å². The molecular weight excluding hydrogens is 513 g/mol. The molecule has 5 rings (SSSR count). The molecule has 0 unspecified atom stereocenters. The van der Waals surface area contributed by atoms with E-state index in [1.54, 1.807) is 7.11 Å². The summed E-state index contributed by atoms with van der Waals surface area (Å²) in [4.78, 5) is -0.711. The number of nitrogens with zero attached hydrogens (tertiary/aromatic N) is 2. The van der Waals surface area contributed by atoms with Crippen molar-refractivity contribution in [1.82, 2.24) is 8.87 Å². The zero-order valence-electron chi connectivity index (χ0n) is 21.0. The molecule has 1 aliphatic rings. The summed E-state index contributed by atoms with van der Waals surface area (Å²) in [7, 11) is -2.69. The molecule has 0 fully saturated rings. The third-order valence-electron chi connectivity index (χ3n) is 7.03. The van der Waals surface area contributed by atoms with Crippen molar-refractivity contribution in [1.29, 1.82) is 0 Å². The van der Waals surface area contributed by atoms with Crippen molar-refractivity contribution >= 4 is 26.5 Å². The van der Waals surface area contributed by atoms with E-state index in [0.717, 1.165) is 55.5 Å². The number of aromatic nitrogens is 1. The molecule has 0 saturated heterocycles. The lowest BCUT2D eigenvalue weighted by Crippen LogP contribution is -2.35. The molecular formula is C29H27F3N2O3S. The van der Waals surface area contributed by atoms with Gasteiger partial charge in [-0.1, -0.05) is 48.5 Å². The highest BCUT2D eigenvalue weighted by Crippen LogP contribution is 2.38. The van der Waals surface area contributed by atoms with Gasteiger partial charge in [0, 0.05) is 41.8 Å². The van der Waals surface area contributed by atoms with Gasteiger partial charge in [-0.15, -0.1) is 0 Å². The molecule has 198 valence electrons. The van der Waals surface area contributed by atoms with Crippen LogP contribution in [0, 0.1) is 6.92 Å². The van der Waals surface area contributed by atoms with Crippen LogP contribution >= 0.6 is 0 Å². The standard InChI is InChI=1S/C29H27F3N2O3S/c1-20-28(24-7-3-5-9-26(24)34(20)19-21-11-13-23(37-2)14-12-21)22-15-17-33(18-16-22)38(35,36)27-10-6-4-8-25(27)29(30,31)32/h3-15H,16-19H2,1-2H3. The summed E-state index contributed by atoms with van der Waals surface area (Å²) in [5.74, 6) is 0.785. The first-order valence-corrected chi connectivity index (χ1v) is 13.6. The minimum Gasteiger partial charge on any atom is -0.497 e. The van der Waals surface area contributed by atoms with Crippen molar-refractivity contribution in [3.8, 4) is 5.75 Å². The summed E-state index contributed by atoms with van der Waals surface area (Å²) in [5.41, 5.74) is 4.11. The second kappa shape index (κ2) is 9.96. The first kappa shape index (κ1) is 26.1. The molecule has 2 heterocycles. The van der Waals surface area contributed by atoms with Crippen molar-refractivity contribution in [3.63, 3.8) is 0 Å². The van der Waals surface area contributed by atoms with Gasteiger partial charge in [0.2, 0.25) is 10.0 Å². The second-order valence-electron chi connectivity index (χ2n) is 9.25. The molecule has 0 N–H and O–H groups in total. The predicted molar refractivity (Wildman–Crippen MR) is 142 cm³/mol. The summed E-state index contributed by atoms with van der Waals surface area (Å²) in [5, 5.41) is 1.06. The molecule has 0 radical (unpaired) electrons. The zero-order valence-corrected chi connectivity index (χ0v) is 21.8. The van der Waals surface area contributed by atoms with E-state index in [0.29, 0.717) is 13.0 Å². The lowest BCUT2D eigenvalue weighted by Gasteiger charge is -2.27. The minimum atomic E-state index is -4.76. The SMILES string of the molecule is COc1ccc(Cn2c(C)c(C3=CCN(S(=O)(=O)c4ccccc4C(F)(F)F)CC3)c3ccccc32)cc1. The van der Waals surface area contributed by atoms with E-state index in [2.05, 4.69) is 10.6 Å². The molecule has 1 aliphatic heterocycles. The molecule has 0 atom stereocenters. The van der Waals surface area contributed by atoms with Crippen LogP contribution in [0.25, 0.3) is 16.5 Å². The van der Waals surface area contributed by atoms with E-state index >= 15 is 0 Å². The quantitative estimate of drug-likeness (QED) is 0.280. The average molecular weight is 541 g/mol. The molecule has 38 heavy (non-hydrogen) atoms. The highest BCUT2D eigenvalue weighted by atomic mass is 32.2. The fourth-order valence-corrected chi connectivity index (χ4v) is 6.71. The van der Waals surface area contributed by atoms with Crippen LogP contribution in [-0.4, -0.2) is 37.5 Å². The first-order valence-electron chi connectivity index (χ1n) is 12.2. The van der Waals surface area contributed by atoms with Gasteiger partial charge >= 0.3 is 6.18 Å². The molecule has 5 nitrogen and oxygen atoms in total. The first-order chi connectivity index (χ1) is 18.1. The Labute approximate surface area is 219 Å². The summed E-state index contributed by atoms with van der Waals surface area (Å²) in [6, 6.07) is 20.3. The van der Waals surface area contributed by atoms with Gasteiger partial charge < -0.3 is 9.30 Å². The van der Waals surface area contributed by atoms with E-state index < -0.39 is 26.7 Å². The van der Waals surface area contributed by atoms with Gasteiger partial charge in [-0.2, -0.15) is 17.5 Å². The Morgan fingerprint density at radius 3 is 2.29 bits per heavy atom. The number of methoxy groups -OCH3 is 1. The van der Waals surface area contributed by atoms with Gasteiger partial charge in [0.25, 0.3) is 0 Å². The topological polar surface area (TPSA) is 51.5 Å². The van der Waals surface area contributed by atoms with Gasteiger partial charge in [0.15, 0.2) is 0 Å². The van der Waals surface area contributed by atoms with Crippen LogP contribution < -0.4 is 4.74 Å². The molecule has 0 amide bonds. The third kappa shape index (κ3) is 4.72. The number of rotatable bonds is 6. The van der Waals surface area contributed by atoms with Gasteiger partial charge in [-0.25, -0.2) is 8.42 Å². The number of benzene rings is 3. The van der Waals surface area contributed by atoms with Crippen molar-refractivity contribution in [3.05, 3.63) is 101 Å². The van der Waals surface area contributed by atoms with Gasteiger partial charge in [0.05, 0.1) is 17.6 Å². The molecule has 1 aromatic heterocycles. The highest BCUT2D eigenvalue weighted by Gasteiger charge is 2.39. The number of ether oxygens (including phenoxy) is 1. The Bertz CT molecular complexity index is 1620. The van der Waals surface area contributed by atoms with Crippen molar-refractivity contribution in [2.75, 3.05) is 20.2 Å². The molecule has 3 aromatic carbocycles. The van der Waals surface area contributed by atoms with Crippen LogP contribution in [0.3, 0.4) is 0 Å². The average Bonchev–Trinajstić information content (AvgIpc) is 3.19. The summed E-state index contributed by atoms with van der Waals surface area (Å²) < 4.78 is 75.6. The number of hydrogen-bond acceptors (Lipinski definition) is 3. The number of para-hydroxylation sites is 1. The normalized spacial score (nSPS) is 15.0. The maximum Gasteiger partial charge on any atom is 0.417 e. The van der Waals surface area contributed by atoms with E-state index in [4.69, 9.17) is 4.74 Å². The van der Waals surface area contributed by atoms with Crippen LogP contribution in [0.1, 0.15) is 28.8 Å². The van der Waals surface area contributed by atoms with Crippen molar-refractivity contribution in [2.24, 2.45) is 0 Å². The molecule has 0 saturated carbocycles. The Kier molecular flexibility index (Phi) is 6.83. The van der Waals surface area contributed by atoms with Gasteiger partial charge in [0.1, 0.15) is 5.75 Å². The van der Waals surface area contributed by atoms with Gasteiger partial charge in [-0.3, -0.25) is 0 Å². The monoisotopic (exact) mass is 540 g/mol. The fraction of sp³-hybridized carbons (Fsp3) is 0.241. The molecule has 0 spiro atoms. The number of hydrogen-bond donors (Lipinski definition) is 0. The van der Waals surface area contributed by atoms with Crippen molar-refractivity contribution in [2.45, 2.75) is 31.0 Å². The summed E-state index contributed by atoms with van der Waals surface area (Å²) in [6.45, 7) is 2.79. The van der Waals surface area contributed by atoms with Crippen LogP contribution in [-0.2, 0) is 22.7 Å². The minimum absolute atomic E-state index is 0.00127. The lowest BCUT2D eigenvalue weighted by molar-refractivity contribution is -0.139. The summed E-state index contributed by atoms with van der Waals surface area (Å²) in [6.07, 6.45) is -2.54. The van der Waals surface area contributed by atoms with E-state index in [9.17, 15) is 21.6 Å². The second-order valence-corrected chi connectivity index (χ2v) is 11.2. The Morgan fingerprint density at radius 2 is 1.63 bits per heavy atom. The van der Waals surface area contributed by atoms with Crippen LogP contribution in [0.5, 0.6) is 5.75 Å². The number of alkyl halides is 3. The molecule has 4 aromatic rings. The van der Waals surface area contributed by atoms with Gasteiger partial charge in [-0.05, 0) is 54.8 Å². The maximum absolute atomic E-state index is 13.5.